The third-order valence-corrected chi connectivity index (χ3v) is 3.59. The Labute approximate surface area is 138 Å². The third kappa shape index (κ3) is 3.27. The molecule has 0 fully saturated rings. The summed E-state index contributed by atoms with van der Waals surface area (Å²) >= 11 is 0. The van der Waals surface area contributed by atoms with Gasteiger partial charge in [0.1, 0.15) is 18.0 Å². The van der Waals surface area contributed by atoms with Gasteiger partial charge in [0, 0.05) is 30.4 Å². The molecule has 0 atom stereocenters. The van der Waals surface area contributed by atoms with E-state index in [0.29, 0.717) is 22.7 Å². The molecule has 0 spiro atoms. The maximum absolute atomic E-state index is 12.1. The largest absolute Gasteiger partial charge is 0.454 e. The molecular weight excluding hydrogens is 308 g/mol. The molecule has 3 aromatic rings. The predicted octanol–water partition coefficient (Wildman–Crippen LogP) is 3.24. The number of Topliss-reactive ketones (excluding diaryl/α,β-unsaturated/α-hetero) is 1. The fourth-order valence-electron chi connectivity index (χ4n) is 2.29. The molecule has 6 heteroatoms. The molecule has 24 heavy (non-hydrogen) atoms. The molecule has 6 nitrogen and oxygen atoms in total. The summed E-state index contributed by atoms with van der Waals surface area (Å²) in [5.41, 5.74) is 2.20. The van der Waals surface area contributed by atoms with E-state index in [2.05, 4.69) is 5.16 Å². The number of nitrogens with zero attached hydrogens (tertiary/aromatic N) is 2. The average molecular weight is 324 g/mol. The maximum Gasteiger partial charge on any atom is 0.355 e. The van der Waals surface area contributed by atoms with E-state index >= 15 is 0 Å². The molecule has 0 radical (unpaired) electrons. The van der Waals surface area contributed by atoms with Gasteiger partial charge in [0.15, 0.2) is 11.5 Å². The van der Waals surface area contributed by atoms with Gasteiger partial charge in [0.25, 0.3) is 0 Å². The van der Waals surface area contributed by atoms with Crippen molar-refractivity contribution < 1.29 is 18.8 Å². The Bertz CT molecular complexity index is 878. The highest BCUT2D eigenvalue weighted by molar-refractivity contribution is 5.97. The predicted molar refractivity (Wildman–Crippen MR) is 86.5 cm³/mol. The van der Waals surface area contributed by atoms with Gasteiger partial charge < -0.3 is 13.8 Å². The molecule has 3 rings (SSSR count). The number of hydrogen-bond acceptors (Lipinski definition) is 5. The lowest BCUT2D eigenvalue weighted by molar-refractivity contribution is 0.0453. The number of carbonyl (C=O) groups excluding carboxylic acids is 2. The molecule has 2 aromatic heterocycles. The number of carbonyl (C=O) groups is 2. The summed E-state index contributed by atoms with van der Waals surface area (Å²) in [6, 6.07) is 12.8. The zero-order valence-electron chi connectivity index (χ0n) is 13.4. The molecule has 0 saturated heterocycles. The SMILES string of the molecule is CC(=O)c1cc(C(=O)OCc2cc(-c3ccccc3)on2)n(C)c1. The molecular formula is C18H16N2O4. The van der Waals surface area contributed by atoms with E-state index in [0.717, 1.165) is 5.56 Å². The smallest absolute Gasteiger partial charge is 0.355 e. The number of esters is 1. The number of aryl methyl sites for hydroxylation is 1. The lowest BCUT2D eigenvalue weighted by Gasteiger charge is -2.02. The lowest BCUT2D eigenvalue weighted by atomic mass is 10.2. The topological polar surface area (TPSA) is 74.3 Å². The van der Waals surface area contributed by atoms with Crippen molar-refractivity contribution in [1.82, 2.24) is 9.72 Å². The summed E-state index contributed by atoms with van der Waals surface area (Å²) in [6.07, 6.45) is 1.60. The van der Waals surface area contributed by atoms with Crippen molar-refractivity contribution in [2.45, 2.75) is 13.5 Å². The summed E-state index contributed by atoms with van der Waals surface area (Å²) in [6.45, 7) is 1.45. The number of ketones is 1. The van der Waals surface area contributed by atoms with Crippen LogP contribution in [0, 0.1) is 0 Å². The van der Waals surface area contributed by atoms with Gasteiger partial charge in [-0.2, -0.15) is 0 Å². The highest BCUT2D eigenvalue weighted by atomic mass is 16.5. The second kappa shape index (κ2) is 6.54. The van der Waals surface area contributed by atoms with E-state index in [9.17, 15) is 9.59 Å². The normalized spacial score (nSPS) is 10.6. The summed E-state index contributed by atoms with van der Waals surface area (Å²) in [5.74, 6) is -0.0118. The fourth-order valence-corrected chi connectivity index (χ4v) is 2.29. The van der Waals surface area contributed by atoms with Crippen LogP contribution in [0.4, 0.5) is 0 Å². The van der Waals surface area contributed by atoms with Gasteiger partial charge in [-0.05, 0) is 13.0 Å². The van der Waals surface area contributed by atoms with Crippen molar-refractivity contribution in [3.8, 4) is 11.3 Å². The Morgan fingerprint density at radius 3 is 2.62 bits per heavy atom. The Kier molecular flexibility index (Phi) is 4.29. The number of aromatic nitrogens is 2. The van der Waals surface area contributed by atoms with E-state index in [1.54, 1.807) is 23.9 Å². The van der Waals surface area contributed by atoms with Crippen molar-refractivity contribution >= 4 is 11.8 Å². The van der Waals surface area contributed by atoms with Crippen molar-refractivity contribution in [1.29, 1.82) is 0 Å². The molecule has 122 valence electrons. The molecule has 0 saturated carbocycles. The van der Waals surface area contributed by atoms with Gasteiger partial charge >= 0.3 is 5.97 Å². The average Bonchev–Trinajstić information content (AvgIpc) is 3.20. The van der Waals surface area contributed by atoms with Crippen LogP contribution in [0.15, 0.2) is 53.2 Å². The first kappa shape index (κ1) is 15.7. The van der Waals surface area contributed by atoms with Crippen LogP contribution in [0.2, 0.25) is 0 Å². The Hall–Kier alpha value is -3.15. The van der Waals surface area contributed by atoms with Crippen LogP contribution < -0.4 is 0 Å². The molecule has 0 amide bonds. The molecule has 0 unspecified atom stereocenters. The molecule has 0 bridgehead atoms. The van der Waals surface area contributed by atoms with Gasteiger partial charge in [0.2, 0.25) is 0 Å². The standard InChI is InChI=1S/C18H16N2O4/c1-12(21)14-8-16(20(2)10-14)18(22)23-11-15-9-17(24-19-15)13-6-4-3-5-7-13/h3-10H,11H2,1-2H3. The molecule has 1 aromatic carbocycles. The third-order valence-electron chi connectivity index (χ3n) is 3.59. The Morgan fingerprint density at radius 2 is 1.96 bits per heavy atom. The van der Waals surface area contributed by atoms with E-state index in [-0.39, 0.29) is 12.4 Å². The van der Waals surface area contributed by atoms with Crippen molar-refractivity contribution in [2.75, 3.05) is 0 Å². The van der Waals surface area contributed by atoms with Crippen LogP contribution in [0.1, 0.15) is 33.5 Å². The quantitative estimate of drug-likeness (QED) is 0.532. The van der Waals surface area contributed by atoms with Crippen LogP contribution in [0.25, 0.3) is 11.3 Å². The minimum atomic E-state index is -0.519. The molecule has 0 aliphatic heterocycles. The molecule has 0 aliphatic rings. The second-order valence-electron chi connectivity index (χ2n) is 5.41. The molecule has 0 aliphatic carbocycles. The lowest BCUT2D eigenvalue weighted by Crippen LogP contribution is -2.09. The number of hydrogen-bond donors (Lipinski definition) is 0. The first-order valence-electron chi connectivity index (χ1n) is 7.40. The van der Waals surface area contributed by atoms with Crippen molar-refractivity contribution in [3.63, 3.8) is 0 Å². The van der Waals surface area contributed by atoms with Crippen LogP contribution in [0.5, 0.6) is 0 Å². The highest BCUT2D eigenvalue weighted by Crippen LogP contribution is 2.20. The minimum absolute atomic E-state index is 0.00421. The number of rotatable bonds is 5. The van der Waals surface area contributed by atoms with Crippen LogP contribution in [0.3, 0.4) is 0 Å². The Morgan fingerprint density at radius 1 is 1.21 bits per heavy atom. The van der Waals surface area contributed by atoms with Crippen molar-refractivity contribution in [3.05, 3.63) is 65.6 Å². The summed E-state index contributed by atoms with van der Waals surface area (Å²) < 4.78 is 12.1. The molecule has 2 heterocycles. The first-order valence-corrected chi connectivity index (χ1v) is 7.40. The minimum Gasteiger partial charge on any atom is -0.454 e. The second-order valence-corrected chi connectivity index (χ2v) is 5.41. The highest BCUT2D eigenvalue weighted by Gasteiger charge is 2.16. The fraction of sp³-hybridized carbons (Fsp3) is 0.167. The van der Waals surface area contributed by atoms with E-state index in [1.165, 1.54) is 13.0 Å². The van der Waals surface area contributed by atoms with Gasteiger partial charge in [0.05, 0.1) is 0 Å². The number of ether oxygens (including phenoxy) is 1. The summed E-state index contributed by atoms with van der Waals surface area (Å²) in [4.78, 5) is 23.5. The number of benzene rings is 1. The van der Waals surface area contributed by atoms with Crippen LogP contribution in [-0.2, 0) is 18.4 Å². The first-order chi connectivity index (χ1) is 11.5. The van der Waals surface area contributed by atoms with E-state index in [4.69, 9.17) is 9.26 Å². The van der Waals surface area contributed by atoms with Crippen molar-refractivity contribution in [2.24, 2.45) is 7.05 Å². The zero-order chi connectivity index (χ0) is 17.1. The van der Waals surface area contributed by atoms with E-state index < -0.39 is 5.97 Å². The summed E-state index contributed by atoms with van der Waals surface area (Å²) in [5, 5.41) is 3.90. The van der Waals surface area contributed by atoms with Gasteiger partial charge in [-0.3, -0.25) is 4.79 Å². The summed E-state index contributed by atoms with van der Waals surface area (Å²) in [7, 11) is 1.69. The van der Waals surface area contributed by atoms with Crippen LogP contribution in [-0.4, -0.2) is 21.5 Å². The molecule has 0 N–H and O–H groups in total. The zero-order valence-corrected chi connectivity index (χ0v) is 13.4. The van der Waals surface area contributed by atoms with Gasteiger partial charge in [-0.1, -0.05) is 35.5 Å². The van der Waals surface area contributed by atoms with E-state index in [1.807, 2.05) is 30.3 Å². The van der Waals surface area contributed by atoms with Gasteiger partial charge in [-0.15, -0.1) is 0 Å². The Balaban J connectivity index is 1.67. The monoisotopic (exact) mass is 324 g/mol. The van der Waals surface area contributed by atoms with Gasteiger partial charge in [-0.25, -0.2) is 4.79 Å². The van der Waals surface area contributed by atoms with Crippen LogP contribution >= 0.6 is 0 Å². The maximum atomic E-state index is 12.1.